The lowest BCUT2D eigenvalue weighted by molar-refractivity contribution is -0.396. The lowest BCUT2D eigenvalue weighted by Crippen LogP contribution is -2.13. The van der Waals surface area contributed by atoms with Crippen molar-refractivity contribution in [3.8, 4) is 5.75 Å². The number of ether oxygens (including phenoxy) is 1. The maximum Gasteiger partial charge on any atom is 0.318 e. The minimum Gasteiger partial charge on any atom is -0.482 e. The van der Waals surface area contributed by atoms with Gasteiger partial charge in [-0.3, -0.25) is 20.2 Å². The van der Waals surface area contributed by atoms with E-state index in [4.69, 9.17) is 4.74 Å². The summed E-state index contributed by atoms with van der Waals surface area (Å²) in [5, 5.41) is 22.1. The van der Waals surface area contributed by atoms with Gasteiger partial charge < -0.3 is 4.74 Å². The van der Waals surface area contributed by atoms with E-state index in [2.05, 4.69) is 0 Å². The number of hydrogen-bond acceptors (Lipinski definition) is 5. The third kappa shape index (κ3) is 3.18. The smallest absolute Gasteiger partial charge is 0.318 e. The van der Waals surface area contributed by atoms with Crippen LogP contribution in [0.2, 0.25) is 0 Å². The number of benzene rings is 1. The fourth-order valence-electron chi connectivity index (χ4n) is 1.60. The predicted octanol–water partition coefficient (Wildman–Crippen LogP) is 3.20. The van der Waals surface area contributed by atoms with Crippen LogP contribution in [0, 0.1) is 20.2 Å². The first-order valence-corrected chi connectivity index (χ1v) is 5.78. The lowest BCUT2D eigenvalue weighted by Gasteiger charge is -2.19. The Labute approximate surface area is 110 Å². The van der Waals surface area contributed by atoms with E-state index in [1.165, 1.54) is 12.1 Å². The summed E-state index contributed by atoms with van der Waals surface area (Å²) in [6.07, 6.45) is 0. The Kier molecular flexibility index (Phi) is 4.08. The molecule has 0 aliphatic heterocycles. The van der Waals surface area contributed by atoms with E-state index in [-0.39, 0.29) is 23.7 Å². The molecular weight excluding hydrogens is 252 g/mol. The van der Waals surface area contributed by atoms with Crippen LogP contribution in [-0.2, 0) is 5.41 Å². The van der Waals surface area contributed by atoms with Crippen LogP contribution in [0.5, 0.6) is 5.75 Å². The van der Waals surface area contributed by atoms with Gasteiger partial charge in [0.15, 0.2) is 0 Å². The minimum atomic E-state index is -0.659. The van der Waals surface area contributed by atoms with Crippen molar-refractivity contribution in [2.45, 2.75) is 33.1 Å². The Hall–Kier alpha value is -2.18. The molecule has 0 aliphatic carbocycles. The molecule has 0 N–H and O–H groups in total. The summed E-state index contributed by atoms with van der Waals surface area (Å²) in [4.78, 5) is 20.8. The van der Waals surface area contributed by atoms with Crippen molar-refractivity contribution in [3.63, 3.8) is 0 Å². The molecule has 0 saturated carbocycles. The molecule has 0 bridgehead atoms. The molecule has 1 aromatic rings. The first kappa shape index (κ1) is 14.9. The van der Waals surface area contributed by atoms with Gasteiger partial charge in [-0.05, 0) is 17.9 Å². The van der Waals surface area contributed by atoms with Crippen molar-refractivity contribution < 1.29 is 14.6 Å². The van der Waals surface area contributed by atoms with Gasteiger partial charge in [0.2, 0.25) is 0 Å². The molecule has 0 spiro atoms. The maximum atomic E-state index is 11.1. The van der Waals surface area contributed by atoms with Crippen LogP contribution in [0.4, 0.5) is 11.4 Å². The van der Waals surface area contributed by atoms with E-state index in [0.717, 1.165) is 0 Å². The van der Waals surface area contributed by atoms with Crippen LogP contribution in [0.25, 0.3) is 0 Å². The molecule has 1 rings (SSSR count). The molecule has 0 saturated heterocycles. The highest BCUT2D eigenvalue weighted by molar-refractivity contribution is 5.62. The second-order valence-corrected chi connectivity index (χ2v) is 5.04. The highest BCUT2D eigenvalue weighted by Gasteiger charge is 2.31. The largest absolute Gasteiger partial charge is 0.482 e. The fourth-order valence-corrected chi connectivity index (χ4v) is 1.60. The number of nitro groups is 2. The van der Waals surface area contributed by atoms with Crippen molar-refractivity contribution in [1.82, 2.24) is 0 Å². The van der Waals surface area contributed by atoms with Gasteiger partial charge >= 0.3 is 11.4 Å². The van der Waals surface area contributed by atoms with Crippen LogP contribution in [-0.4, -0.2) is 16.5 Å². The molecule has 1 aromatic carbocycles. The van der Waals surface area contributed by atoms with Gasteiger partial charge in [-0.1, -0.05) is 20.8 Å². The minimum absolute atomic E-state index is 0.122. The standard InChI is InChI=1S/C12H16N2O5/c1-5-19-11-9(13(15)16)6-8(12(2,3)4)7-10(11)14(17)18/h6-7H,5H2,1-4H3. The van der Waals surface area contributed by atoms with Gasteiger partial charge in [0, 0.05) is 12.1 Å². The van der Waals surface area contributed by atoms with E-state index in [0.29, 0.717) is 5.56 Å². The zero-order valence-electron chi connectivity index (χ0n) is 11.3. The Morgan fingerprint density at radius 2 is 1.53 bits per heavy atom. The Morgan fingerprint density at radius 3 is 1.79 bits per heavy atom. The quantitative estimate of drug-likeness (QED) is 0.617. The SMILES string of the molecule is CCOc1c([N+](=O)[O-])cc(C(C)(C)C)cc1[N+](=O)[O-]. The summed E-state index contributed by atoms with van der Waals surface area (Å²) in [6, 6.07) is 2.66. The third-order valence-electron chi connectivity index (χ3n) is 2.60. The summed E-state index contributed by atoms with van der Waals surface area (Å²) in [6.45, 7) is 7.23. The van der Waals surface area contributed by atoms with E-state index in [1.54, 1.807) is 6.92 Å². The van der Waals surface area contributed by atoms with Crippen LogP contribution < -0.4 is 4.74 Å². The first-order valence-electron chi connectivity index (χ1n) is 5.78. The average Bonchev–Trinajstić information content (AvgIpc) is 2.27. The predicted molar refractivity (Wildman–Crippen MR) is 69.6 cm³/mol. The molecule has 0 atom stereocenters. The Balaban J connectivity index is 3.62. The molecule has 0 aromatic heterocycles. The van der Waals surface area contributed by atoms with Crippen LogP contribution in [0.15, 0.2) is 12.1 Å². The lowest BCUT2D eigenvalue weighted by atomic mass is 9.86. The molecule has 7 heteroatoms. The van der Waals surface area contributed by atoms with Crippen molar-refractivity contribution in [2.75, 3.05) is 6.61 Å². The molecule has 7 nitrogen and oxygen atoms in total. The maximum absolute atomic E-state index is 11.1. The number of nitro benzene ring substituents is 2. The molecule has 0 radical (unpaired) electrons. The molecule has 0 fully saturated rings. The first-order chi connectivity index (χ1) is 8.68. The molecule has 0 aliphatic rings. The van der Waals surface area contributed by atoms with Crippen LogP contribution >= 0.6 is 0 Å². The Bertz CT molecular complexity index is 484. The average molecular weight is 268 g/mol. The molecule has 19 heavy (non-hydrogen) atoms. The van der Waals surface area contributed by atoms with Gasteiger partial charge in [0.05, 0.1) is 16.5 Å². The summed E-state index contributed by atoms with van der Waals surface area (Å²) >= 11 is 0. The number of hydrogen-bond donors (Lipinski definition) is 0. The topological polar surface area (TPSA) is 95.5 Å². The van der Waals surface area contributed by atoms with Crippen molar-refractivity contribution in [1.29, 1.82) is 0 Å². The summed E-state index contributed by atoms with van der Waals surface area (Å²) in [7, 11) is 0. The van der Waals surface area contributed by atoms with Gasteiger partial charge in [0.1, 0.15) is 0 Å². The molecular formula is C12H16N2O5. The van der Waals surface area contributed by atoms with Gasteiger partial charge in [0.25, 0.3) is 5.75 Å². The third-order valence-corrected chi connectivity index (χ3v) is 2.60. The van der Waals surface area contributed by atoms with Crippen molar-refractivity contribution in [3.05, 3.63) is 37.9 Å². The van der Waals surface area contributed by atoms with Gasteiger partial charge in [-0.2, -0.15) is 0 Å². The summed E-state index contributed by atoms with van der Waals surface area (Å²) in [5.74, 6) is -0.287. The van der Waals surface area contributed by atoms with E-state index in [9.17, 15) is 20.2 Å². The molecule has 0 heterocycles. The number of rotatable bonds is 4. The van der Waals surface area contributed by atoms with E-state index < -0.39 is 15.3 Å². The van der Waals surface area contributed by atoms with Crippen LogP contribution in [0.3, 0.4) is 0 Å². The monoisotopic (exact) mass is 268 g/mol. The zero-order chi connectivity index (χ0) is 14.8. The van der Waals surface area contributed by atoms with Gasteiger partial charge in [-0.25, -0.2) is 0 Å². The highest BCUT2D eigenvalue weighted by Crippen LogP contribution is 2.40. The second-order valence-electron chi connectivity index (χ2n) is 5.04. The van der Waals surface area contributed by atoms with E-state index >= 15 is 0 Å². The zero-order valence-corrected chi connectivity index (χ0v) is 11.3. The fraction of sp³-hybridized carbons (Fsp3) is 0.500. The van der Waals surface area contributed by atoms with Gasteiger partial charge in [-0.15, -0.1) is 0 Å². The normalized spacial score (nSPS) is 11.2. The summed E-state index contributed by atoms with van der Waals surface area (Å²) < 4.78 is 5.08. The second kappa shape index (κ2) is 5.21. The number of nitrogens with zero attached hydrogens (tertiary/aromatic N) is 2. The molecule has 0 unspecified atom stereocenters. The highest BCUT2D eigenvalue weighted by atomic mass is 16.6. The van der Waals surface area contributed by atoms with Crippen molar-refractivity contribution >= 4 is 11.4 Å². The molecule has 104 valence electrons. The van der Waals surface area contributed by atoms with Crippen molar-refractivity contribution in [2.24, 2.45) is 0 Å². The van der Waals surface area contributed by atoms with Crippen LogP contribution in [0.1, 0.15) is 33.3 Å². The summed E-state index contributed by atoms with van der Waals surface area (Å²) in [5.41, 5.74) is -0.656. The van der Waals surface area contributed by atoms with E-state index in [1.807, 2.05) is 20.8 Å². The Morgan fingerprint density at radius 1 is 1.11 bits per heavy atom. The molecule has 0 amide bonds.